The average molecular weight is 292 g/mol. The first-order valence-corrected chi connectivity index (χ1v) is 8.50. The fourth-order valence-electron chi connectivity index (χ4n) is 2.71. The number of rotatable bonds is 5. The Morgan fingerprint density at radius 3 is 2.70 bits per heavy atom. The molecular formula is C16H24N2OS. The first-order chi connectivity index (χ1) is 9.69. The second kappa shape index (κ2) is 7.70. The third-order valence-electron chi connectivity index (χ3n) is 3.93. The molecule has 1 saturated heterocycles. The summed E-state index contributed by atoms with van der Waals surface area (Å²) in [7, 11) is 0. The fourth-order valence-corrected chi connectivity index (χ4v) is 3.32. The molecule has 110 valence electrons. The number of hydrogen-bond acceptors (Lipinski definition) is 3. The van der Waals surface area contributed by atoms with Crippen molar-refractivity contribution in [1.82, 2.24) is 10.2 Å². The number of nitrogens with one attached hydrogen (secondary N) is 1. The predicted octanol–water partition coefficient (Wildman–Crippen LogP) is 2.76. The van der Waals surface area contributed by atoms with Gasteiger partial charge in [0.05, 0.1) is 0 Å². The van der Waals surface area contributed by atoms with Gasteiger partial charge in [-0.1, -0.05) is 18.2 Å². The molecule has 1 aliphatic rings. The molecule has 1 fully saturated rings. The Bertz CT molecular complexity index is 442. The number of nitrogens with zero attached hydrogens (tertiary/aromatic N) is 1. The van der Waals surface area contributed by atoms with E-state index < -0.39 is 0 Å². The largest absolute Gasteiger partial charge is 0.356 e. The summed E-state index contributed by atoms with van der Waals surface area (Å²) in [5, 5.41) is 2.94. The van der Waals surface area contributed by atoms with Gasteiger partial charge in [0.25, 0.3) is 0 Å². The number of piperidine rings is 1. The summed E-state index contributed by atoms with van der Waals surface area (Å²) in [5.74, 6) is 0.729. The van der Waals surface area contributed by atoms with Crippen molar-refractivity contribution in [2.24, 2.45) is 5.92 Å². The zero-order valence-corrected chi connectivity index (χ0v) is 13.2. The summed E-state index contributed by atoms with van der Waals surface area (Å²) < 4.78 is 0. The molecule has 1 aliphatic heterocycles. The highest BCUT2D eigenvalue weighted by Crippen LogP contribution is 2.24. The van der Waals surface area contributed by atoms with E-state index in [1.165, 1.54) is 23.3 Å². The highest BCUT2D eigenvalue weighted by atomic mass is 32.2. The first-order valence-electron chi connectivity index (χ1n) is 7.27. The molecule has 1 aromatic carbocycles. The molecule has 0 unspecified atom stereocenters. The van der Waals surface area contributed by atoms with Crippen molar-refractivity contribution in [3.05, 3.63) is 29.8 Å². The quantitative estimate of drug-likeness (QED) is 0.847. The summed E-state index contributed by atoms with van der Waals surface area (Å²) in [5.41, 5.74) is 1.43. The minimum absolute atomic E-state index is 0.0846. The molecule has 1 amide bonds. The Balaban J connectivity index is 1.81. The van der Waals surface area contributed by atoms with Gasteiger partial charge < -0.3 is 5.32 Å². The highest BCUT2D eigenvalue weighted by molar-refractivity contribution is 7.98. The summed E-state index contributed by atoms with van der Waals surface area (Å²) in [4.78, 5) is 14.8. The number of hydrogen-bond donors (Lipinski definition) is 1. The van der Waals surface area contributed by atoms with Gasteiger partial charge in [-0.2, -0.15) is 0 Å². The molecule has 0 aliphatic carbocycles. The summed E-state index contributed by atoms with van der Waals surface area (Å²) in [6.45, 7) is 5.74. The van der Waals surface area contributed by atoms with Crippen LogP contribution in [0.3, 0.4) is 0 Å². The summed E-state index contributed by atoms with van der Waals surface area (Å²) >= 11 is 1.82. The van der Waals surface area contributed by atoms with Crippen LogP contribution in [0.25, 0.3) is 0 Å². The predicted molar refractivity (Wildman–Crippen MR) is 84.9 cm³/mol. The van der Waals surface area contributed by atoms with E-state index in [2.05, 4.69) is 40.7 Å². The summed E-state index contributed by atoms with van der Waals surface area (Å²) in [6.07, 6.45) is 4.50. The van der Waals surface area contributed by atoms with Crippen LogP contribution in [0.2, 0.25) is 0 Å². The SMILES string of the molecule is CSc1ccccc1CN1CCC(CNC(C)=O)CC1. The Morgan fingerprint density at radius 2 is 2.05 bits per heavy atom. The lowest BCUT2D eigenvalue weighted by Gasteiger charge is -2.32. The maximum atomic E-state index is 10.9. The minimum atomic E-state index is 0.0846. The first kappa shape index (κ1) is 15.4. The van der Waals surface area contributed by atoms with Crippen molar-refractivity contribution in [3.63, 3.8) is 0 Å². The van der Waals surface area contributed by atoms with E-state index in [1.807, 2.05) is 11.8 Å². The van der Waals surface area contributed by atoms with Crippen LogP contribution in [0, 0.1) is 5.92 Å². The minimum Gasteiger partial charge on any atom is -0.356 e. The molecule has 0 spiro atoms. The van der Waals surface area contributed by atoms with E-state index >= 15 is 0 Å². The highest BCUT2D eigenvalue weighted by Gasteiger charge is 2.19. The molecule has 2 rings (SSSR count). The third-order valence-corrected chi connectivity index (χ3v) is 4.77. The Hall–Kier alpha value is -1.00. The number of benzene rings is 1. The van der Waals surface area contributed by atoms with Crippen LogP contribution in [0.15, 0.2) is 29.2 Å². The number of carbonyl (C=O) groups is 1. The Kier molecular flexibility index (Phi) is 5.92. The molecule has 0 bridgehead atoms. The monoisotopic (exact) mass is 292 g/mol. The van der Waals surface area contributed by atoms with E-state index in [0.29, 0.717) is 5.92 Å². The van der Waals surface area contributed by atoms with Crippen molar-refractivity contribution in [2.75, 3.05) is 25.9 Å². The molecule has 0 saturated carbocycles. The number of carbonyl (C=O) groups excluding carboxylic acids is 1. The van der Waals surface area contributed by atoms with Gasteiger partial charge in [0, 0.05) is 24.9 Å². The molecule has 1 heterocycles. The molecule has 3 nitrogen and oxygen atoms in total. The van der Waals surface area contributed by atoms with Crippen LogP contribution < -0.4 is 5.32 Å². The van der Waals surface area contributed by atoms with Crippen LogP contribution in [0.1, 0.15) is 25.3 Å². The molecule has 20 heavy (non-hydrogen) atoms. The maximum absolute atomic E-state index is 10.9. The lowest BCUT2D eigenvalue weighted by Crippen LogP contribution is -2.37. The second-order valence-electron chi connectivity index (χ2n) is 5.47. The summed E-state index contributed by atoms with van der Waals surface area (Å²) in [6, 6.07) is 8.66. The Morgan fingerprint density at radius 1 is 1.35 bits per heavy atom. The number of likely N-dealkylation sites (tertiary alicyclic amines) is 1. The molecular weight excluding hydrogens is 268 g/mol. The van der Waals surface area contributed by atoms with Crippen LogP contribution in [-0.2, 0) is 11.3 Å². The molecule has 1 aromatic rings. The normalized spacial score (nSPS) is 17.1. The second-order valence-corrected chi connectivity index (χ2v) is 6.32. The zero-order chi connectivity index (χ0) is 14.4. The maximum Gasteiger partial charge on any atom is 0.216 e. The fraction of sp³-hybridized carbons (Fsp3) is 0.562. The van der Waals surface area contributed by atoms with Gasteiger partial charge >= 0.3 is 0 Å². The molecule has 1 N–H and O–H groups in total. The van der Waals surface area contributed by atoms with Crippen LogP contribution in [-0.4, -0.2) is 36.7 Å². The van der Waals surface area contributed by atoms with Crippen LogP contribution >= 0.6 is 11.8 Å². The van der Waals surface area contributed by atoms with E-state index in [4.69, 9.17) is 0 Å². The van der Waals surface area contributed by atoms with Gasteiger partial charge in [0.1, 0.15) is 0 Å². The van der Waals surface area contributed by atoms with Gasteiger partial charge in [0.2, 0.25) is 5.91 Å². The van der Waals surface area contributed by atoms with Crippen molar-refractivity contribution in [2.45, 2.75) is 31.2 Å². The van der Waals surface area contributed by atoms with Crippen molar-refractivity contribution < 1.29 is 4.79 Å². The van der Waals surface area contributed by atoms with E-state index in [1.54, 1.807) is 6.92 Å². The molecule has 0 aromatic heterocycles. The van der Waals surface area contributed by atoms with E-state index in [-0.39, 0.29) is 5.91 Å². The van der Waals surface area contributed by atoms with Gasteiger partial charge in [-0.3, -0.25) is 9.69 Å². The Labute approximate surface area is 126 Å². The van der Waals surface area contributed by atoms with Crippen LogP contribution in [0.4, 0.5) is 0 Å². The van der Waals surface area contributed by atoms with E-state index in [9.17, 15) is 4.79 Å². The lowest BCUT2D eigenvalue weighted by atomic mass is 9.96. The van der Waals surface area contributed by atoms with Crippen molar-refractivity contribution in [1.29, 1.82) is 0 Å². The van der Waals surface area contributed by atoms with E-state index in [0.717, 1.165) is 26.2 Å². The average Bonchev–Trinajstić information content (AvgIpc) is 2.47. The van der Waals surface area contributed by atoms with Gasteiger partial charge in [-0.25, -0.2) is 0 Å². The smallest absolute Gasteiger partial charge is 0.216 e. The number of amides is 1. The van der Waals surface area contributed by atoms with Crippen molar-refractivity contribution >= 4 is 17.7 Å². The third kappa shape index (κ3) is 4.53. The number of thioether (sulfide) groups is 1. The molecule has 0 atom stereocenters. The van der Waals surface area contributed by atoms with Crippen LogP contribution in [0.5, 0.6) is 0 Å². The van der Waals surface area contributed by atoms with Crippen molar-refractivity contribution in [3.8, 4) is 0 Å². The zero-order valence-electron chi connectivity index (χ0n) is 12.4. The topological polar surface area (TPSA) is 32.3 Å². The molecule has 4 heteroatoms. The standard InChI is InChI=1S/C16H24N2OS/c1-13(19)17-11-14-7-9-18(10-8-14)12-15-5-3-4-6-16(15)20-2/h3-6,14H,7-12H2,1-2H3,(H,17,19). The van der Waals surface area contributed by atoms with Gasteiger partial charge in [-0.05, 0) is 49.7 Å². The molecule has 0 radical (unpaired) electrons. The van der Waals surface area contributed by atoms with Gasteiger partial charge in [0.15, 0.2) is 0 Å². The van der Waals surface area contributed by atoms with Gasteiger partial charge in [-0.15, -0.1) is 11.8 Å². The lowest BCUT2D eigenvalue weighted by molar-refractivity contribution is -0.119.